The molecule has 0 saturated carbocycles. The van der Waals surface area contributed by atoms with Crippen LogP contribution in [0.25, 0.3) is 0 Å². The van der Waals surface area contributed by atoms with E-state index in [0.29, 0.717) is 6.54 Å². The quantitative estimate of drug-likeness (QED) is 0.361. The number of carbonyl (C=O) groups is 2. The van der Waals surface area contributed by atoms with E-state index in [4.69, 9.17) is 4.74 Å². The molecule has 0 radical (unpaired) electrons. The summed E-state index contributed by atoms with van der Waals surface area (Å²) in [6.07, 6.45) is 0. The highest BCUT2D eigenvalue weighted by Gasteiger charge is 2.34. The van der Waals surface area contributed by atoms with Gasteiger partial charge in [0.05, 0.1) is 17.7 Å². The number of hydrogen-bond acceptors (Lipinski definition) is 5. The van der Waals surface area contributed by atoms with Gasteiger partial charge < -0.3 is 15.0 Å². The molecule has 1 N–H and O–H groups in total. The van der Waals surface area contributed by atoms with Gasteiger partial charge in [-0.25, -0.2) is 12.8 Å². The predicted molar refractivity (Wildman–Crippen MR) is 148 cm³/mol. The van der Waals surface area contributed by atoms with Gasteiger partial charge in [0.25, 0.3) is 10.0 Å². The van der Waals surface area contributed by atoms with Crippen molar-refractivity contribution < 1.29 is 27.1 Å². The van der Waals surface area contributed by atoms with E-state index in [1.165, 1.54) is 55.3 Å². The highest BCUT2D eigenvalue weighted by molar-refractivity contribution is 7.92. The summed E-state index contributed by atoms with van der Waals surface area (Å²) in [5.74, 6) is -1.23. The fourth-order valence-corrected chi connectivity index (χ4v) is 5.36. The Kier molecular flexibility index (Phi) is 10.1. The number of rotatable bonds is 12. The lowest BCUT2D eigenvalue weighted by Crippen LogP contribution is -2.51. The van der Waals surface area contributed by atoms with Crippen LogP contribution >= 0.6 is 0 Å². The maximum atomic E-state index is 14.6. The monoisotopic (exact) mass is 555 g/mol. The molecule has 0 aliphatic rings. The molecule has 0 spiro atoms. The number of hydrogen-bond donors (Lipinski definition) is 1. The van der Waals surface area contributed by atoms with E-state index < -0.39 is 40.2 Å². The Hall–Kier alpha value is -3.92. The van der Waals surface area contributed by atoms with Crippen LogP contribution in [0.5, 0.6) is 5.75 Å². The molecule has 0 saturated heterocycles. The van der Waals surface area contributed by atoms with Gasteiger partial charge in [-0.1, -0.05) is 62.4 Å². The van der Waals surface area contributed by atoms with Gasteiger partial charge >= 0.3 is 0 Å². The number of methoxy groups -OCH3 is 1. The number of carbonyl (C=O) groups excluding carboxylic acids is 2. The van der Waals surface area contributed by atoms with Gasteiger partial charge in [0.2, 0.25) is 11.8 Å². The molecule has 10 heteroatoms. The Morgan fingerprint density at radius 3 is 2.18 bits per heavy atom. The minimum absolute atomic E-state index is 0.0212. The van der Waals surface area contributed by atoms with Gasteiger partial charge in [-0.15, -0.1) is 0 Å². The molecule has 0 fully saturated rings. The van der Waals surface area contributed by atoms with Gasteiger partial charge in [0, 0.05) is 18.7 Å². The first-order valence-corrected chi connectivity index (χ1v) is 14.0. The van der Waals surface area contributed by atoms with E-state index >= 15 is 0 Å². The van der Waals surface area contributed by atoms with E-state index in [1.807, 2.05) is 13.8 Å². The van der Waals surface area contributed by atoms with Crippen LogP contribution in [0.4, 0.5) is 10.1 Å². The lowest BCUT2D eigenvalue weighted by atomic mass is 10.1. The first-order valence-electron chi connectivity index (χ1n) is 12.6. The second-order valence-electron chi connectivity index (χ2n) is 9.42. The molecule has 2 amide bonds. The fourth-order valence-electron chi connectivity index (χ4n) is 3.91. The van der Waals surface area contributed by atoms with Crippen molar-refractivity contribution in [3.05, 3.63) is 90.2 Å². The van der Waals surface area contributed by atoms with Crippen LogP contribution in [-0.2, 0) is 26.2 Å². The summed E-state index contributed by atoms with van der Waals surface area (Å²) < 4.78 is 48.6. The number of amides is 2. The number of nitrogens with one attached hydrogen (secondary N) is 1. The number of ether oxygens (including phenoxy) is 1. The van der Waals surface area contributed by atoms with Crippen LogP contribution in [0.3, 0.4) is 0 Å². The lowest BCUT2D eigenvalue weighted by Gasteiger charge is -2.32. The van der Waals surface area contributed by atoms with Gasteiger partial charge in [-0.3, -0.25) is 13.9 Å². The molecular formula is C29H34FN3O5S. The van der Waals surface area contributed by atoms with E-state index in [9.17, 15) is 22.4 Å². The molecule has 208 valence electrons. The van der Waals surface area contributed by atoms with Crippen LogP contribution < -0.4 is 14.4 Å². The summed E-state index contributed by atoms with van der Waals surface area (Å²) in [5, 5.41) is 2.80. The molecule has 1 atom stereocenters. The minimum Gasteiger partial charge on any atom is -0.495 e. The van der Waals surface area contributed by atoms with Crippen LogP contribution in [0.15, 0.2) is 83.8 Å². The molecule has 8 nitrogen and oxygen atoms in total. The van der Waals surface area contributed by atoms with Crippen LogP contribution in [0.2, 0.25) is 0 Å². The normalized spacial score (nSPS) is 12.1. The third-order valence-corrected chi connectivity index (χ3v) is 7.89. The number of halogens is 1. The third-order valence-electron chi connectivity index (χ3n) is 6.11. The van der Waals surface area contributed by atoms with Crippen molar-refractivity contribution in [1.29, 1.82) is 0 Å². The van der Waals surface area contributed by atoms with Crippen LogP contribution in [-0.4, -0.2) is 51.4 Å². The Bertz CT molecular complexity index is 1380. The Labute approximate surface area is 229 Å². The van der Waals surface area contributed by atoms with Crippen molar-refractivity contribution in [2.24, 2.45) is 5.92 Å². The summed E-state index contributed by atoms with van der Waals surface area (Å²) in [4.78, 5) is 28.0. The first-order chi connectivity index (χ1) is 18.6. The van der Waals surface area contributed by atoms with Crippen molar-refractivity contribution in [2.75, 3.05) is 24.5 Å². The summed E-state index contributed by atoms with van der Waals surface area (Å²) in [6, 6.07) is 19.1. The maximum absolute atomic E-state index is 14.6. The lowest BCUT2D eigenvalue weighted by molar-refractivity contribution is -0.139. The average molecular weight is 556 g/mol. The topological polar surface area (TPSA) is 96.0 Å². The molecule has 3 aromatic carbocycles. The van der Waals surface area contributed by atoms with Gasteiger partial charge in [0.15, 0.2) is 0 Å². The molecule has 1 unspecified atom stereocenters. The summed E-state index contributed by atoms with van der Waals surface area (Å²) in [6.45, 7) is 4.93. The molecule has 0 heterocycles. The zero-order valence-corrected chi connectivity index (χ0v) is 23.3. The highest BCUT2D eigenvalue weighted by Crippen LogP contribution is 2.32. The van der Waals surface area contributed by atoms with Crippen molar-refractivity contribution in [1.82, 2.24) is 10.2 Å². The van der Waals surface area contributed by atoms with Gasteiger partial charge in [0.1, 0.15) is 24.2 Å². The Morgan fingerprint density at radius 2 is 1.54 bits per heavy atom. The molecule has 0 aliphatic heterocycles. The number of benzene rings is 3. The molecule has 39 heavy (non-hydrogen) atoms. The standard InChI is InChI=1S/C29H34FN3O5S/c1-21(2)18-31-29(35)22(3)32(19-23-12-8-9-15-25(23)30)28(34)20-33(26-16-10-11-17-27(26)38-4)39(36,37)24-13-6-5-7-14-24/h5-17,21-22H,18-20H2,1-4H3,(H,31,35). The van der Waals surface area contributed by atoms with E-state index in [2.05, 4.69) is 5.32 Å². The molecular weight excluding hydrogens is 521 g/mol. The number of para-hydroxylation sites is 2. The second-order valence-corrected chi connectivity index (χ2v) is 11.3. The second kappa shape index (κ2) is 13.2. The number of anilines is 1. The number of sulfonamides is 1. The SMILES string of the molecule is COc1ccccc1N(CC(=O)N(Cc1ccccc1F)C(C)C(=O)NCC(C)C)S(=O)(=O)c1ccccc1. The Morgan fingerprint density at radius 1 is 0.923 bits per heavy atom. The van der Waals surface area contributed by atoms with Crippen molar-refractivity contribution in [2.45, 2.75) is 38.3 Å². The van der Waals surface area contributed by atoms with Gasteiger partial charge in [-0.05, 0) is 43.2 Å². The summed E-state index contributed by atoms with van der Waals surface area (Å²) >= 11 is 0. The average Bonchev–Trinajstić information content (AvgIpc) is 2.94. The third kappa shape index (κ3) is 7.35. The zero-order valence-electron chi connectivity index (χ0n) is 22.5. The summed E-state index contributed by atoms with van der Waals surface area (Å²) in [5.41, 5.74) is 0.351. The van der Waals surface area contributed by atoms with Crippen molar-refractivity contribution in [3.63, 3.8) is 0 Å². The largest absolute Gasteiger partial charge is 0.495 e. The maximum Gasteiger partial charge on any atom is 0.264 e. The van der Waals surface area contributed by atoms with Crippen LogP contribution in [0.1, 0.15) is 26.3 Å². The molecule has 3 rings (SSSR count). The highest BCUT2D eigenvalue weighted by atomic mass is 32.2. The van der Waals surface area contributed by atoms with Crippen LogP contribution in [0, 0.1) is 11.7 Å². The molecule has 0 aromatic heterocycles. The summed E-state index contributed by atoms with van der Waals surface area (Å²) in [7, 11) is -2.83. The van der Waals surface area contributed by atoms with E-state index in [1.54, 1.807) is 42.5 Å². The van der Waals surface area contributed by atoms with Gasteiger partial charge in [-0.2, -0.15) is 0 Å². The first kappa shape index (κ1) is 29.6. The predicted octanol–water partition coefficient (Wildman–Crippen LogP) is 4.22. The van der Waals surface area contributed by atoms with Crippen molar-refractivity contribution >= 4 is 27.5 Å². The number of nitrogens with zero attached hydrogens (tertiary/aromatic N) is 2. The van der Waals surface area contributed by atoms with E-state index in [0.717, 1.165) is 4.31 Å². The zero-order chi connectivity index (χ0) is 28.6. The molecule has 3 aromatic rings. The fraction of sp³-hybridized carbons (Fsp3) is 0.310. The Balaban J connectivity index is 2.05. The van der Waals surface area contributed by atoms with E-state index in [-0.39, 0.29) is 34.4 Å². The molecule has 0 bridgehead atoms. The minimum atomic E-state index is -4.23. The molecule has 0 aliphatic carbocycles. The van der Waals surface area contributed by atoms with Crippen molar-refractivity contribution in [3.8, 4) is 5.75 Å². The smallest absolute Gasteiger partial charge is 0.264 e.